The van der Waals surface area contributed by atoms with Crippen LogP contribution in [0.25, 0.3) is 12.2 Å². The molecule has 0 aliphatic rings. The van der Waals surface area contributed by atoms with Gasteiger partial charge in [0.2, 0.25) is 0 Å². The Balaban J connectivity index is 2.14. The highest BCUT2D eigenvalue weighted by molar-refractivity contribution is 5.70. The van der Waals surface area contributed by atoms with Gasteiger partial charge in [0.25, 0.3) is 0 Å². The van der Waals surface area contributed by atoms with Crippen molar-refractivity contribution in [1.29, 1.82) is 0 Å². The number of hydrogen-bond donors (Lipinski definition) is 1. The van der Waals surface area contributed by atoms with Crippen LogP contribution in [-0.4, -0.2) is 5.11 Å². The van der Waals surface area contributed by atoms with Crippen molar-refractivity contribution in [3.63, 3.8) is 0 Å². The maximum absolute atomic E-state index is 9.75. The Labute approximate surface area is 126 Å². The van der Waals surface area contributed by atoms with Gasteiger partial charge in [0.1, 0.15) is 5.75 Å². The summed E-state index contributed by atoms with van der Waals surface area (Å²) in [6, 6.07) is 14.0. The Hall–Kier alpha value is -2.54. The van der Waals surface area contributed by atoms with Gasteiger partial charge in [0.15, 0.2) is 0 Å². The zero-order valence-electron chi connectivity index (χ0n) is 12.1. The first-order chi connectivity index (χ1) is 10.2. The van der Waals surface area contributed by atoms with Gasteiger partial charge >= 0.3 is 0 Å². The van der Waals surface area contributed by atoms with Crippen LogP contribution in [-0.2, 0) is 12.8 Å². The zero-order valence-corrected chi connectivity index (χ0v) is 12.1. The molecule has 0 saturated carbocycles. The number of phenolic OH excluding ortho intramolecular Hbond substituents is 1. The van der Waals surface area contributed by atoms with Crippen molar-refractivity contribution in [2.45, 2.75) is 12.8 Å². The highest BCUT2D eigenvalue weighted by Crippen LogP contribution is 2.20. The number of hydrogen-bond acceptors (Lipinski definition) is 1. The normalized spacial score (nSPS) is 10.7. The van der Waals surface area contributed by atoms with E-state index >= 15 is 0 Å². The molecule has 0 bridgehead atoms. The summed E-state index contributed by atoms with van der Waals surface area (Å²) < 4.78 is 0. The summed E-state index contributed by atoms with van der Waals surface area (Å²) in [6.07, 6.45) is 9.39. The van der Waals surface area contributed by atoms with Gasteiger partial charge in [-0.15, -0.1) is 13.2 Å². The van der Waals surface area contributed by atoms with Gasteiger partial charge in [-0.3, -0.25) is 0 Å². The highest BCUT2D eigenvalue weighted by Gasteiger charge is 1.99. The Morgan fingerprint density at radius 3 is 2.10 bits per heavy atom. The van der Waals surface area contributed by atoms with E-state index in [9.17, 15) is 5.11 Å². The first-order valence-corrected chi connectivity index (χ1v) is 7.03. The van der Waals surface area contributed by atoms with E-state index in [1.54, 1.807) is 12.1 Å². The van der Waals surface area contributed by atoms with E-state index in [1.807, 2.05) is 18.2 Å². The van der Waals surface area contributed by atoms with Crippen molar-refractivity contribution in [3.8, 4) is 5.75 Å². The fraction of sp³-hybridized carbons (Fsp3) is 0.100. The Bertz CT molecular complexity index is 648. The summed E-state index contributed by atoms with van der Waals surface area (Å²) in [5.74, 6) is 0.320. The lowest BCUT2D eigenvalue weighted by atomic mass is 10.0. The van der Waals surface area contributed by atoms with Crippen molar-refractivity contribution in [1.82, 2.24) is 0 Å². The quantitative estimate of drug-likeness (QED) is 0.580. The standard InChI is InChI=1S/C20H20O/c1-3-5-16-7-9-17(10-8-16)11-12-18-13-14-20(21)19(15-18)6-4-2/h3-4,7-15,21H,1-2,5-6H2/b12-11+. The smallest absolute Gasteiger partial charge is 0.119 e. The van der Waals surface area contributed by atoms with E-state index in [0.29, 0.717) is 12.2 Å². The van der Waals surface area contributed by atoms with E-state index in [1.165, 1.54) is 5.56 Å². The SMILES string of the molecule is C=CCc1ccc(/C=C/c2ccc(O)c(CC=C)c2)cc1. The molecule has 2 aromatic carbocycles. The summed E-state index contributed by atoms with van der Waals surface area (Å²) in [7, 11) is 0. The predicted octanol–water partition coefficient (Wildman–Crippen LogP) is 5.02. The van der Waals surface area contributed by atoms with Crippen molar-refractivity contribution in [2.24, 2.45) is 0 Å². The summed E-state index contributed by atoms with van der Waals surface area (Å²) in [5, 5.41) is 9.75. The molecule has 106 valence electrons. The Kier molecular flexibility index (Phi) is 5.16. The number of allylic oxidation sites excluding steroid dienone is 2. The van der Waals surface area contributed by atoms with Crippen molar-refractivity contribution >= 4 is 12.2 Å². The number of benzene rings is 2. The van der Waals surface area contributed by atoms with Crippen LogP contribution in [0.2, 0.25) is 0 Å². The monoisotopic (exact) mass is 276 g/mol. The lowest BCUT2D eigenvalue weighted by Crippen LogP contribution is -1.84. The van der Waals surface area contributed by atoms with Gasteiger partial charge in [-0.2, -0.15) is 0 Å². The van der Waals surface area contributed by atoms with E-state index in [-0.39, 0.29) is 0 Å². The van der Waals surface area contributed by atoms with E-state index in [2.05, 4.69) is 49.6 Å². The minimum Gasteiger partial charge on any atom is -0.508 e. The predicted molar refractivity (Wildman–Crippen MR) is 91.3 cm³/mol. The van der Waals surface area contributed by atoms with E-state index < -0.39 is 0 Å². The highest BCUT2D eigenvalue weighted by atomic mass is 16.3. The van der Waals surface area contributed by atoms with Crippen LogP contribution in [0.15, 0.2) is 67.8 Å². The molecule has 2 aromatic rings. The van der Waals surface area contributed by atoms with E-state index in [0.717, 1.165) is 23.1 Å². The summed E-state index contributed by atoms with van der Waals surface area (Å²) in [6.45, 7) is 7.45. The molecule has 1 N–H and O–H groups in total. The molecule has 0 amide bonds. The second-order valence-corrected chi connectivity index (χ2v) is 4.95. The molecule has 0 unspecified atom stereocenters. The van der Waals surface area contributed by atoms with Gasteiger partial charge in [-0.05, 0) is 47.2 Å². The average molecular weight is 276 g/mol. The lowest BCUT2D eigenvalue weighted by molar-refractivity contribution is 0.469. The third kappa shape index (κ3) is 4.22. The van der Waals surface area contributed by atoms with Crippen LogP contribution < -0.4 is 0 Å². The second kappa shape index (κ2) is 7.30. The summed E-state index contributed by atoms with van der Waals surface area (Å²) in [4.78, 5) is 0. The fourth-order valence-electron chi connectivity index (χ4n) is 2.15. The molecule has 2 rings (SSSR count). The third-order valence-electron chi connectivity index (χ3n) is 3.30. The van der Waals surface area contributed by atoms with Gasteiger partial charge in [0, 0.05) is 0 Å². The number of aromatic hydroxyl groups is 1. The first-order valence-electron chi connectivity index (χ1n) is 7.03. The zero-order chi connectivity index (χ0) is 15.1. The van der Waals surface area contributed by atoms with Gasteiger partial charge in [-0.1, -0.05) is 54.6 Å². The maximum atomic E-state index is 9.75. The molecular formula is C20H20O. The lowest BCUT2D eigenvalue weighted by Gasteiger charge is -2.03. The molecule has 0 aliphatic heterocycles. The topological polar surface area (TPSA) is 20.2 Å². The maximum Gasteiger partial charge on any atom is 0.119 e. The van der Waals surface area contributed by atoms with Crippen LogP contribution >= 0.6 is 0 Å². The van der Waals surface area contributed by atoms with Crippen LogP contribution in [0.1, 0.15) is 22.3 Å². The van der Waals surface area contributed by atoms with Crippen molar-refractivity contribution < 1.29 is 5.11 Å². The molecule has 0 radical (unpaired) electrons. The van der Waals surface area contributed by atoms with Crippen molar-refractivity contribution in [2.75, 3.05) is 0 Å². The molecule has 0 spiro atoms. The van der Waals surface area contributed by atoms with Gasteiger partial charge in [-0.25, -0.2) is 0 Å². The van der Waals surface area contributed by atoms with E-state index in [4.69, 9.17) is 0 Å². The fourth-order valence-corrected chi connectivity index (χ4v) is 2.15. The van der Waals surface area contributed by atoms with Crippen LogP contribution in [0.4, 0.5) is 0 Å². The molecule has 0 fully saturated rings. The van der Waals surface area contributed by atoms with Crippen LogP contribution in [0.3, 0.4) is 0 Å². The van der Waals surface area contributed by atoms with Gasteiger partial charge < -0.3 is 5.11 Å². The molecule has 0 heterocycles. The third-order valence-corrected chi connectivity index (χ3v) is 3.30. The molecule has 21 heavy (non-hydrogen) atoms. The molecule has 0 atom stereocenters. The molecule has 0 aromatic heterocycles. The minimum atomic E-state index is 0.320. The number of rotatable bonds is 6. The molecule has 0 aliphatic carbocycles. The molecular weight excluding hydrogens is 256 g/mol. The Morgan fingerprint density at radius 2 is 1.43 bits per heavy atom. The van der Waals surface area contributed by atoms with Crippen molar-refractivity contribution in [3.05, 3.63) is 90.0 Å². The second-order valence-electron chi connectivity index (χ2n) is 4.95. The summed E-state index contributed by atoms with van der Waals surface area (Å²) in [5.41, 5.74) is 4.38. The van der Waals surface area contributed by atoms with Crippen LogP contribution in [0, 0.1) is 0 Å². The van der Waals surface area contributed by atoms with Crippen LogP contribution in [0.5, 0.6) is 5.75 Å². The molecule has 1 heteroatoms. The average Bonchev–Trinajstić information content (AvgIpc) is 2.50. The molecule has 0 saturated heterocycles. The first kappa shape index (κ1) is 14.9. The minimum absolute atomic E-state index is 0.320. The van der Waals surface area contributed by atoms with Gasteiger partial charge in [0.05, 0.1) is 0 Å². The summed E-state index contributed by atoms with van der Waals surface area (Å²) >= 11 is 0. The largest absolute Gasteiger partial charge is 0.508 e. The number of phenols is 1. The molecule has 1 nitrogen and oxygen atoms in total. The Morgan fingerprint density at radius 1 is 0.810 bits per heavy atom.